The number of rotatable bonds is 4. The maximum absolute atomic E-state index is 7.28. The summed E-state index contributed by atoms with van der Waals surface area (Å²) in [6, 6.07) is 71.5. The summed E-state index contributed by atoms with van der Waals surface area (Å²) in [5, 5.41) is 7.84. The second-order valence-corrected chi connectivity index (χ2v) is 18.1. The maximum atomic E-state index is 7.28. The van der Waals surface area contributed by atoms with Crippen molar-refractivity contribution in [3.63, 3.8) is 0 Å². The normalized spacial score (nSPS) is 13.1. The standard InChI is InChI=1S/C58H33BN2O3S/c1-3-16-34(17-4-1)40-30-42-36-20-7-11-26-48(36)62-51(42)32-46(40)60-44-24-15-25-45-55(44)59(57-56(60)38-22-9-13-28-50(38)64-57)54-39-23-10-14-29-53(39)65-58(54)61(45)47-33-52-43(37-21-8-12-27-49(37)63-52)31-41(47)35-18-5-2-6-19-35/h1-33H. The van der Waals surface area contributed by atoms with Crippen LogP contribution in [0, 0.1) is 0 Å². The molecule has 2 aliphatic rings. The molecule has 0 radical (unpaired) electrons. The highest BCUT2D eigenvalue weighted by Gasteiger charge is 2.49. The van der Waals surface area contributed by atoms with E-state index in [1.807, 2.05) is 23.5 Å². The predicted octanol–water partition coefficient (Wildman–Crippen LogP) is 14.9. The molecule has 0 N–H and O–H groups in total. The summed E-state index contributed by atoms with van der Waals surface area (Å²) in [6.45, 7) is -0.201. The third kappa shape index (κ3) is 4.87. The summed E-state index contributed by atoms with van der Waals surface area (Å²) < 4.78 is 21.9. The number of para-hydroxylation sites is 3. The van der Waals surface area contributed by atoms with Gasteiger partial charge >= 0.3 is 0 Å². The van der Waals surface area contributed by atoms with Crippen LogP contribution in [0.2, 0.25) is 0 Å². The van der Waals surface area contributed by atoms with Crippen LogP contribution < -0.4 is 26.4 Å². The summed E-state index contributed by atoms with van der Waals surface area (Å²) in [6.07, 6.45) is 0. The molecule has 0 spiro atoms. The minimum Gasteiger partial charge on any atom is -0.468 e. The molecule has 0 aliphatic carbocycles. The lowest BCUT2D eigenvalue weighted by atomic mass is 9.35. The van der Waals surface area contributed by atoms with E-state index < -0.39 is 0 Å². The van der Waals surface area contributed by atoms with E-state index in [0.29, 0.717) is 0 Å². The molecular weight excluding hydrogens is 816 g/mol. The van der Waals surface area contributed by atoms with Gasteiger partial charge in [-0.2, -0.15) is 0 Å². The van der Waals surface area contributed by atoms with Crippen LogP contribution in [0.4, 0.5) is 33.4 Å². The van der Waals surface area contributed by atoms with Gasteiger partial charge in [-0.15, -0.1) is 11.3 Å². The average Bonchev–Trinajstić information content (AvgIpc) is 4.14. The van der Waals surface area contributed by atoms with E-state index in [0.717, 1.165) is 111 Å². The molecule has 2 aliphatic heterocycles. The van der Waals surface area contributed by atoms with Crippen molar-refractivity contribution in [2.75, 3.05) is 9.80 Å². The van der Waals surface area contributed by atoms with Crippen molar-refractivity contribution in [3.8, 4) is 22.3 Å². The molecule has 0 bridgehead atoms. The van der Waals surface area contributed by atoms with Gasteiger partial charge in [-0.1, -0.05) is 133 Å². The van der Waals surface area contributed by atoms with Gasteiger partial charge in [0.05, 0.1) is 27.7 Å². The molecule has 0 fully saturated rings. The Bertz CT molecular complexity index is 4110. The van der Waals surface area contributed by atoms with Gasteiger partial charge in [0.2, 0.25) is 0 Å². The van der Waals surface area contributed by atoms with E-state index in [1.54, 1.807) is 0 Å². The van der Waals surface area contributed by atoms with Crippen LogP contribution in [0.5, 0.6) is 0 Å². The number of thiophene rings is 1. The smallest absolute Gasteiger partial charge is 0.298 e. The minimum atomic E-state index is -0.201. The van der Waals surface area contributed by atoms with Gasteiger partial charge in [0.25, 0.3) is 6.71 Å². The quantitative estimate of drug-likeness (QED) is 0.165. The number of furan rings is 3. The Kier molecular flexibility index (Phi) is 7.12. The van der Waals surface area contributed by atoms with Gasteiger partial charge < -0.3 is 23.1 Å². The second kappa shape index (κ2) is 13.1. The lowest BCUT2D eigenvalue weighted by Crippen LogP contribution is -2.60. The fourth-order valence-corrected chi connectivity index (χ4v) is 12.2. The fraction of sp³-hybridized carbons (Fsp3) is 0. The molecule has 13 aromatic rings. The van der Waals surface area contributed by atoms with Gasteiger partial charge in [-0.3, -0.25) is 0 Å². The van der Waals surface area contributed by atoms with E-state index in [-0.39, 0.29) is 6.71 Å². The Morgan fingerprint density at radius 2 is 0.846 bits per heavy atom. The molecule has 6 heterocycles. The van der Waals surface area contributed by atoms with Crippen molar-refractivity contribution in [3.05, 3.63) is 200 Å². The van der Waals surface area contributed by atoms with Crippen molar-refractivity contribution in [1.82, 2.24) is 0 Å². The summed E-state index contributed by atoms with van der Waals surface area (Å²) in [5.74, 6) is 0. The van der Waals surface area contributed by atoms with Crippen molar-refractivity contribution in [2.45, 2.75) is 0 Å². The van der Waals surface area contributed by atoms with Gasteiger partial charge in [0.15, 0.2) is 0 Å². The number of benzene rings is 9. The first-order chi connectivity index (χ1) is 32.2. The highest BCUT2D eigenvalue weighted by molar-refractivity contribution is 7.26. The molecule has 9 aromatic carbocycles. The molecule has 0 saturated carbocycles. The fourth-order valence-electron chi connectivity index (χ4n) is 10.9. The van der Waals surface area contributed by atoms with Crippen molar-refractivity contribution in [2.24, 2.45) is 0 Å². The zero-order chi connectivity index (χ0) is 42.3. The Morgan fingerprint density at radius 1 is 0.354 bits per heavy atom. The molecule has 0 saturated heterocycles. The Morgan fingerprint density at radius 3 is 1.46 bits per heavy atom. The van der Waals surface area contributed by atoms with E-state index in [2.05, 4.69) is 198 Å². The van der Waals surface area contributed by atoms with Gasteiger partial charge in [-0.25, -0.2) is 0 Å². The number of nitrogens with zero attached hydrogens (tertiary/aromatic N) is 2. The third-order valence-electron chi connectivity index (χ3n) is 13.7. The van der Waals surface area contributed by atoms with Gasteiger partial charge in [-0.05, 0) is 82.0 Å². The minimum absolute atomic E-state index is 0.201. The van der Waals surface area contributed by atoms with E-state index >= 15 is 0 Å². The molecule has 0 amide bonds. The van der Waals surface area contributed by atoms with Crippen LogP contribution in [-0.4, -0.2) is 6.71 Å². The largest absolute Gasteiger partial charge is 0.468 e. The topological polar surface area (TPSA) is 45.9 Å². The summed E-state index contributed by atoms with van der Waals surface area (Å²) in [7, 11) is 0. The van der Waals surface area contributed by atoms with Crippen LogP contribution in [0.15, 0.2) is 213 Å². The lowest BCUT2D eigenvalue weighted by molar-refractivity contribution is 0.651. The van der Waals surface area contributed by atoms with Crippen LogP contribution in [0.25, 0.3) is 87.2 Å². The number of anilines is 6. The monoisotopic (exact) mass is 848 g/mol. The molecular formula is C58H33BN2O3S. The molecule has 0 unspecified atom stereocenters. The van der Waals surface area contributed by atoms with Crippen molar-refractivity contribution >= 4 is 133 Å². The first-order valence-electron chi connectivity index (χ1n) is 22.0. The van der Waals surface area contributed by atoms with E-state index in [1.165, 1.54) is 26.0 Å². The molecule has 302 valence electrons. The summed E-state index contributed by atoms with van der Waals surface area (Å²) >= 11 is 1.84. The molecule has 0 atom stereocenters. The highest BCUT2D eigenvalue weighted by Crippen LogP contribution is 2.53. The second-order valence-electron chi connectivity index (χ2n) is 17.1. The SMILES string of the molecule is c1ccc(-c2cc3c(cc2N2c4cccc5c4B(c4oc6ccccc6c4N5c4cc5oc6ccccc6c5cc4-c4ccccc4)c4c2sc2ccccc42)oc2ccccc23)cc1. The maximum Gasteiger partial charge on any atom is 0.298 e. The highest BCUT2D eigenvalue weighted by atomic mass is 32.1. The van der Waals surface area contributed by atoms with Crippen LogP contribution >= 0.6 is 11.3 Å². The first kappa shape index (κ1) is 35.2. The number of fused-ring (bicyclic) bond motifs is 14. The molecule has 5 nitrogen and oxygen atoms in total. The van der Waals surface area contributed by atoms with E-state index in [4.69, 9.17) is 13.3 Å². The Balaban J connectivity index is 1.08. The van der Waals surface area contributed by atoms with Gasteiger partial charge in [0, 0.05) is 66.3 Å². The van der Waals surface area contributed by atoms with Crippen LogP contribution in [0.3, 0.4) is 0 Å². The zero-order valence-corrected chi connectivity index (χ0v) is 35.5. The Labute approximate surface area is 376 Å². The van der Waals surface area contributed by atoms with Crippen molar-refractivity contribution < 1.29 is 13.3 Å². The molecule has 7 heteroatoms. The third-order valence-corrected chi connectivity index (χ3v) is 14.8. The summed E-state index contributed by atoms with van der Waals surface area (Å²) in [5.41, 5.74) is 17.4. The van der Waals surface area contributed by atoms with Crippen LogP contribution in [0.1, 0.15) is 0 Å². The van der Waals surface area contributed by atoms with Crippen molar-refractivity contribution in [1.29, 1.82) is 0 Å². The molecule has 15 rings (SSSR count). The van der Waals surface area contributed by atoms with E-state index in [9.17, 15) is 0 Å². The Hall–Kier alpha value is -8.26. The van der Waals surface area contributed by atoms with Gasteiger partial charge in [0.1, 0.15) is 27.9 Å². The molecule has 4 aromatic heterocycles. The molecule has 65 heavy (non-hydrogen) atoms. The average molecular weight is 849 g/mol. The number of hydrogen-bond acceptors (Lipinski definition) is 6. The lowest BCUT2D eigenvalue weighted by Gasteiger charge is -2.42. The van der Waals surface area contributed by atoms with Crippen LogP contribution in [-0.2, 0) is 0 Å². The zero-order valence-electron chi connectivity index (χ0n) is 34.7. The predicted molar refractivity (Wildman–Crippen MR) is 271 cm³/mol. The first-order valence-corrected chi connectivity index (χ1v) is 22.8. The summed E-state index contributed by atoms with van der Waals surface area (Å²) in [4.78, 5) is 4.97. The number of hydrogen-bond donors (Lipinski definition) is 0.